The number of nitriles is 1. The molecule has 0 amide bonds. The SMILES string of the molecule is N#CC(N=Cc1ccccc1)=C1SCCCS1. The zero-order chi connectivity index (χ0) is 11.9. The van der Waals surface area contributed by atoms with E-state index in [0.29, 0.717) is 5.70 Å². The minimum atomic E-state index is 0.545. The van der Waals surface area contributed by atoms with Crippen LogP contribution in [-0.4, -0.2) is 17.7 Å². The molecule has 0 atom stereocenters. The van der Waals surface area contributed by atoms with E-state index in [9.17, 15) is 0 Å². The Kier molecular flexibility index (Phi) is 4.72. The highest BCUT2D eigenvalue weighted by Crippen LogP contribution is 2.37. The summed E-state index contributed by atoms with van der Waals surface area (Å²) in [7, 11) is 0. The topological polar surface area (TPSA) is 36.1 Å². The number of benzene rings is 1. The number of aliphatic imine (C=N–C) groups is 1. The third kappa shape index (κ3) is 3.65. The van der Waals surface area contributed by atoms with Crippen molar-refractivity contribution >= 4 is 29.7 Å². The zero-order valence-electron chi connectivity index (χ0n) is 9.30. The summed E-state index contributed by atoms with van der Waals surface area (Å²) >= 11 is 3.47. The van der Waals surface area contributed by atoms with Crippen LogP contribution in [0.4, 0.5) is 0 Å². The van der Waals surface area contributed by atoms with Crippen molar-refractivity contribution in [3.05, 3.63) is 45.8 Å². The van der Waals surface area contributed by atoms with Gasteiger partial charge in [-0.1, -0.05) is 30.3 Å². The van der Waals surface area contributed by atoms with Crippen molar-refractivity contribution in [3.8, 4) is 6.07 Å². The minimum Gasteiger partial charge on any atom is -0.243 e. The Morgan fingerprint density at radius 1 is 1.24 bits per heavy atom. The van der Waals surface area contributed by atoms with Crippen LogP contribution in [0.25, 0.3) is 0 Å². The van der Waals surface area contributed by atoms with E-state index in [-0.39, 0.29) is 0 Å². The number of rotatable bonds is 2. The van der Waals surface area contributed by atoms with Crippen LogP contribution in [0.3, 0.4) is 0 Å². The van der Waals surface area contributed by atoms with Crippen molar-refractivity contribution in [1.82, 2.24) is 0 Å². The summed E-state index contributed by atoms with van der Waals surface area (Å²) in [6.07, 6.45) is 2.96. The summed E-state index contributed by atoms with van der Waals surface area (Å²) in [5.41, 5.74) is 1.57. The number of thioether (sulfide) groups is 2. The quantitative estimate of drug-likeness (QED) is 0.601. The van der Waals surface area contributed by atoms with Crippen molar-refractivity contribution in [1.29, 1.82) is 5.26 Å². The predicted molar refractivity (Wildman–Crippen MR) is 76.2 cm³/mol. The highest BCUT2D eigenvalue weighted by Gasteiger charge is 2.11. The Labute approximate surface area is 110 Å². The lowest BCUT2D eigenvalue weighted by atomic mass is 10.2. The van der Waals surface area contributed by atoms with Gasteiger partial charge in [0, 0.05) is 6.21 Å². The monoisotopic (exact) mass is 260 g/mol. The van der Waals surface area contributed by atoms with Crippen LogP contribution in [0.2, 0.25) is 0 Å². The Hall–Kier alpha value is -1.18. The first-order valence-electron chi connectivity index (χ1n) is 5.39. The molecule has 1 aliphatic heterocycles. The fourth-order valence-electron chi connectivity index (χ4n) is 1.37. The van der Waals surface area contributed by atoms with E-state index in [4.69, 9.17) is 5.26 Å². The second-order valence-corrected chi connectivity index (χ2v) is 5.94. The van der Waals surface area contributed by atoms with Crippen molar-refractivity contribution in [2.75, 3.05) is 11.5 Å². The van der Waals surface area contributed by atoms with Gasteiger partial charge in [0.15, 0.2) is 5.70 Å². The summed E-state index contributed by atoms with van der Waals surface area (Å²) in [5, 5.41) is 9.11. The molecule has 1 saturated heterocycles. The average Bonchev–Trinajstić information content (AvgIpc) is 2.42. The molecule has 4 heteroatoms. The fraction of sp³-hybridized carbons (Fsp3) is 0.231. The van der Waals surface area contributed by atoms with Crippen molar-refractivity contribution in [2.45, 2.75) is 6.42 Å². The van der Waals surface area contributed by atoms with E-state index in [0.717, 1.165) is 21.3 Å². The summed E-state index contributed by atoms with van der Waals surface area (Å²) in [6, 6.07) is 12.0. The first-order valence-corrected chi connectivity index (χ1v) is 7.36. The molecular formula is C13H12N2S2. The number of nitrogens with zero attached hydrogens (tertiary/aromatic N) is 2. The Morgan fingerprint density at radius 3 is 2.59 bits per heavy atom. The minimum absolute atomic E-state index is 0.545. The van der Waals surface area contributed by atoms with Gasteiger partial charge in [0.05, 0.1) is 4.24 Å². The average molecular weight is 260 g/mol. The molecule has 0 spiro atoms. The third-order valence-electron chi connectivity index (χ3n) is 2.20. The van der Waals surface area contributed by atoms with Crippen LogP contribution in [0.5, 0.6) is 0 Å². The maximum Gasteiger partial charge on any atom is 0.160 e. The summed E-state index contributed by atoms with van der Waals surface area (Å²) in [6.45, 7) is 0. The molecule has 2 nitrogen and oxygen atoms in total. The summed E-state index contributed by atoms with van der Waals surface area (Å²) < 4.78 is 1.06. The molecule has 0 N–H and O–H groups in total. The van der Waals surface area contributed by atoms with Crippen molar-refractivity contribution in [2.24, 2.45) is 4.99 Å². The van der Waals surface area contributed by atoms with Crippen LogP contribution in [0, 0.1) is 11.3 Å². The maximum absolute atomic E-state index is 9.11. The highest BCUT2D eigenvalue weighted by atomic mass is 32.2. The molecule has 0 aromatic heterocycles. The largest absolute Gasteiger partial charge is 0.243 e. The number of hydrogen-bond acceptors (Lipinski definition) is 4. The number of allylic oxidation sites excluding steroid dienone is 1. The maximum atomic E-state index is 9.11. The van der Waals surface area contributed by atoms with Crippen LogP contribution >= 0.6 is 23.5 Å². The molecule has 0 bridgehead atoms. The Bertz CT molecular complexity index is 464. The van der Waals surface area contributed by atoms with Gasteiger partial charge in [-0.3, -0.25) is 0 Å². The van der Waals surface area contributed by atoms with Gasteiger partial charge >= 0.3 is 0 Å². The first-order chi connectivity index (χ1) is 8.40. The molecule has 1 fully saturated rings. The second kappa shape index (κ2) is 6.53. The molecule has 1 heterocycles. The molecule has 1 aliphatic rings. The lowest BCUT2D eigenvalue weighted by Gasteiger charge is -2.12. The molecule has 2 rings (SSSR count). The van der Waals surface area contributed by atoms with Gasteiger partial charge in [-0.25, -0.2) is 4.99 Å². The highest BCUT2D eigenvalue weighted by molar-refractivity contribution is 8.22. The molecule has 1 aromatic carbocycles. The lowest BCUT2D eigenvalue weighted by Crippen LogP contribution is -1.94. The molecule has 86 valence electrons. The Morgan fingerprint density at radius 2 is 1.94 bits per heavy atom. The lowest BCUT2D eigenvalue weighted by molar-refractivity contribution is 1.12. The van der Waals surface area contributed by atoms with Crippen LogP contribution in [-0.2, 0) is 0 Å². The van der Waals surface area contributed by atoms with E-state index in [1.54, 1.807) is 29.7 Å². The Balaban J connectivity index is 2.15. The third-order valence-corrected chi connectivity index (χ3v) is 4.80. The normalized spacial score (nSPS) is 15.8. The standard InChI is InChI=1S/C13H12N2S2/c14-9-12(13-16-7-4-8-17-13)15-10-11-5-2-1-3-6-11/h1-3,5-6,10H,4,7-8H2. The molecule has 0 saturated carbocycles. The van der Waals surface area contributed by atoms with E-state index in [2.05, 4.69) is 11.1 Å². The van der Waals surface area contributed by atoms with E-state index >= 15 is 0 Å². The van der Waals surface area contributed by atoms with Gasteiger partial charge in [-0.05, 0) is 23.5 Å². The molecule has 0 aliphatic carbocycles. The van der Waals surface area contributed by atoms with Crippen LogP contribution < -0.4 is 0 Å². The summed E-state index contributed by atoms with van der Waals surface area (Å²) in [5.74, 6) is 2.18. The summed E-state index contributed by atoms with van der Waals surface area (Å²) in [4.78, 5) is 4.29. The fourth-order valence-corrected chi connectivity index (χ4v) is 3.81. The van der Waals surface area contributed by atoms with Gasteiger partial charge < -0.3 is 0 Å². The van der Waals surface area contributed by atoms with Crippen molar-refractivity contribution in [3.63, 3.8) is 0 Å². The van der Waals surface area contributed by atoms with E-state index in [1.165, 1.54) is 6.42 Å². The van der Waals surface area contributed by atoms with Crippen LogP contribution in [0.15, 0.2) is 45.3 Å². The van der Waals surface area contributed by atoms with Gasteiger partial charge in [-0.2, -0.15) is 5.26 Å². The first kappa shape index (κ1) is 12.3. The van der Waals surface area contributed by atoms with Gasteiger partial charge in [-0.15, -0.1) is 23.5 Å². The smallest absolute Gasteiger partial charge is 0.160 e. The van der Waals surface area contributed by atoms with Gasteiger partial charge in [0.2, 0.25) is 0 Å². The molecular weight excluding hydrogens is 248 g/mol. The van der Waals surface area contributed by atoms with E-state index < -0.39 is 0 Å². The second-order valence-electron chi connectivity index (χ2n) is 3.47. The van der Waals surface area contributed by atoms with Gasteiger partial charge in [0.1, 0.15) is 6.07 Å². The zero-order valence-corrected chi connectivity index (χ0v) is 10.9. The molecule has 0 radical (unpaired) electrons. The van der Waals surface area contributed by atoms with Crippen molar-refractivity contribution < 1.29 is 0 Å². The molecule has 17 heavy (non-hydrogen) atoms. The molecule has 0 unspecified atom stereocenters. The predicted octanol–water partition coefficient (Wildman–Crippen LogP) is 3.67. The number of hydrogen-bond donors (Lipinski definition) is 0. The van der Waals surface area contributed by atoms with E-state index in [1.807, 2.05) is 30.3 Å². The molecule has 1 aromatic rings. The van der Waals surface area contributed by atoms with Crippen LogP contribution in [0.1, 0.15) is 12.0 Å². The van der Waals surface area contributed by atoms with Gasteiger partial charge in [0.25, 0.3) is 0 Å².